The molecule has 0 saturated carbocycles. The number of hydrogen-bond donors (Lipinski definition) is 2. The van der Waals surface area contributed by atoms with Gasteiger partial charge in [0.1, 0.15) is 5.69 Å². The van der Waals surface area contributed by atoms with E-state index in [1.807, 2.05) is 48.5 Å². The molecular weight excluding hydrogens is 404 g/mol. The molecule has 32 heavy (non-hydrogen) atoms. The first-order chi connectivity index (χ1) is 15.5. The van der Waals surface area contributed by atoms with Gasteiger partial charge in [0.05, 0.1) is 0 Å². The van der Waals surface area contributed by atoms with E-state index in [-0.39, 0.29) is 29.0 Å². The zero-order valence-corrected chi connectivity index (χ0v) is 17.5. The number of nitrogens with zero attached hydrogens (tertiary/aromatic N) is 2. The Morgan fingerprint density at radius 2 is 1.59 bits per heavy atom. The molecule has 2 aliphatic heterocycles. The Labute approximate surface area is 185 Å². The highest BCUT2D eigenvalue weighted by molar-refractivity contribution is 6.04. The Bertz CT molecular complexity index is 1230. The maximum Gasteiger partial charge on any atom is 0.314 e. The fourth-order valence-corrected chi connectivity index (χ4v) is 4.86. The van der Waals surface area contributed by atoms with Gasteiger partial charge in [-0.05, 0) is 47.7 Å². The SMILES string of the molecule is NC(=O)N1C[C@H]2C[C@@H](C1)c1ccc(NC(=O)c3ccc(-c4ccccc4)cc3)c(=O)n1C2. The number of nitrogens with two attached hydrogens (primary N) is 1. The third-order valence-corrected chi connectivity index (χ3v) is 6.42. The number of rotatable bonds is 3. The van der Waals surface area contributed by atoms with Gasteiger partial charge < -0.3 is 20.5 Å². The van der Waals surface area contributed by atoms with Gasteiger partial charge in [-0.2, -0.15) is 0 Å². The number of fused-ring (bicyclic) bond motifs is 4. The molecular formula is C25H24N4O3. The maximum atomic E-state index is 13.1. The number of anilines is 1. The van der Waals surface area contributed by atoms with Crippen molar-refractivity contribution < 1.29 is 9.59 Å². The molecule has 7 nitrogen and oxygen atoms in total. The number of hydrogen-bond acceptors (Lipinski definition) is 3. The molecule has 7 heteroatoms. The molecule has 3 amide bonds. The summed E-state index contributed by atoms with van der Waals surface area (Å²) >= 11 is 0. The average molecular weight is 428 g/mol. The number of likely N-dealkylation sites (tertiary alicyclic amines) is 1. The summed E-state index contributed by atoms with van der Waals surface area (Å²) in [5.74, 6) is -0.0564. The smallest absolute Gasteiger partial charge is 0.314 e. The Kier molecular flexibility index (Phi) is 5.01. The molecule has 2 aromatic carbocycles. The second-order valence-corrected chi connectivity index (χ2v) is 8.53. The highest BCUT2D eigenvalue weighted by Gasteiger charge is 2.36. The molecule has 162 valence electrons. The van der Waals surface area contributed by atoms with E-state index >= 15 is 0 Å². The highest BCUT2D eigenvalue weighted by atomic mass is 16.2. The van der Waals surface area contributed by atoms with Crippen molar-refractivity contribution in [3.05, 3.63) is 88.3 Å². The third-order valence-electron chi connectivity index (χ3n) is 6.42. The van der Waals surface area contributed by atoms with Crippen molar-refractivity contribution in [2.24, 2.45) is 11.7 Å². The molecule has 2 atom stereocenters. The lowest BCUT2D eigenvalue weighted by molar-refractivity contribution is 0.102. The first-order valence-corrected chi connectivity index (χ1v) is 10.7. The molecule has 1 aromatic heterocycles. The van der Waals surface area contributed by atoms with Crippen LogP contribution in [0.2, 0.25) is 0 Å². The Balaban J connectivity index is 1.36. The van der Waals surface area contributed by atoms with Crippen molar-refractivity contribution in [2.45, 2.75) is 18.9 Å². The summed E-state index contributed by atoms with van der Waals surface area (Å²) in [6.07, 6.45) is 0.933. The van der Waals surface area contributed by atoms with Gasteiger partial charge in [-0.15, -0.1) is 0 Å². The number of amides is 3. The van der Waals surface area contributed by atoms with Crippen molar-refractivity contribution in [1.82, 2.24) is 9.47 Å². The van der Waals surface area contributed by atoms with Gasteiger partial charge in [-0.25, -0.2) is 4.79 Å². The Morgan fingerprint density at radius 3 is 2.31 bits per heavy atom. The molecule has 3 N–H and O–H groups in total. The number of urea groups is 1. The van der Waals surface area contributed by atoms with Crippen LogP contribution in [0.4, 0.5) is 10.5 Å². The van der Waals surface area contributed by atoms with E-state index in [9.17, 15) is 14.4 Å². The summed E-state index contributed by atoms with van der Waals surface area (Å²) < 4.78 is 1.74. The number of piperidine rings is 1. The minimum atomic E-state index is -0.419. The molecule has 0 radical (unpaired) electrons. The number of pyridine rings is 1. The minimum Gasteiger partial charge on any atom is -0.351 e. The summed E-state index contributed by atoms with van der Waals surface area (Å²) in [6.45, 7) is 1.59. The van der Waals surface area contributed by atoms with Gasteiger partial charge in [0.25, 0.3) is 11.5 Å². The molecule has 3 heterocycles. The quantitative estimate of drug-likeness (QED) is 0.670. The van der Waals surface area contributed by atoms with Crippen LogP contribution in [0.15, 0.2) is 71.5 Å². The summed E-state index contributed by atoms with van der Waals surface area (Å²) in [7, 11) is 0. The van der Waals surface area contributed by atoms with Crippen molar-refractivity contribution in [2.75, 3.05) is 18.4 Å². The zero-order chi connectivity index (χ0) is 22.2. The molecule has 2 aliphatic rings. The van der Waals surface area contributed by atoms with Crippen molar-refractivity contribution >= 4 is 17.6 Å². The van der Waals surface area contributed by atoms with Crippen LogP contribution < -0.4 is 16.6 Å². The topological polar surface area (TPSA) is 97.4 Å². The van der Waals surface area contributed by atoms with Crippen LogP contribution in [0.1, 0.15) is 28.4 Å². The predicted octanol–water partition coefficient (Wildman–Crippen LogP) is 3.27. The molecule has 1 fully saturated rings. The number of carbonyl (C=O) groups is 2. The predicted molar refractivity (Wildman–Crippen MR) is 123 cm³/mol. The van der Waals surface area contributed by atoms with E-state index in [0.717, 1.165) is 23.2 Å². The first kappa shape index (κ1) is 20.1. The zero-order valence-electron chi connectivity index (χ0n) is 17.5. The first-order valence-electron chi connectivity index (χ1n) is 10.7. The minimum absolute atomic E-state index is 0.0815. The third kappa shape index (κ3) is 3.66. The van der Waals surface area contributed by atoms with Gasteiger partial charge in [0.15, 0.2) is 0 Å². The van der Waals surface area contributed by atoms with Gasteiger partial charge in [0, 0.05) is 36.8 Å². The highest BCUT2D eigenvalue weighted by Crippen LogP contribution is 2.35. The molecule has 0 unspecified atom stereocenters. The summed E-state index contributed by atoms with van der Waals surface area (Å²) in [5, 5.41) is 2.77. The lowest BCUT2D eigenvalue weighted by atomic mass is 9.83. The van der Waals surface area contributed by atoms with Gasteiger partial charge in [-0.1, -0.05) is 42.5 Å². The van der Waals surface area contributed by atoms with E-state index in [4.69, 9.17) is 5.73 Å². The Hall–Kier alpha value is -3.87. The molecule has 5 rings (SSSR count). The monoisotopic (exact) mass is 428 g/mol. The molecule has 0 aliphatic carbocycles. The van der Waals surface area contributed by atoms with E-state index in [2.05, 4.69) is 5.32 Å². The van der Waals surface area contributed by atoms with Crippen LogP contribution >= 0.6 is 0 Å². The van der Waals surface area contributed by atoms with Crippen LogP contribution in [0.5, 0.6) is 0 Å². The number of primary amides is 1. The van der Waals surface area contributed by atoms with Gasteiger partial charge in [-0.3, -0.25) is 9.59 Å². The lowest BCUT2D eigenvalue weighted by Crippen LogP contribution is -2.50. The Morgan fingerprint density at radius 1 is 0.875 bits per heavy atom. The molecule has 0 spiro atoms. The fraction of sp³-hybridized carbons (Fsp3) is 0.240. The van der Waals surface area contributed by atoms with Crippen LogP contribution in [0.3, 0.4) is 0 Å². The van der Waals surface area contributed by atoms with Crippen molar-refractivity contribution in [3.8, 4) is 11.1 Å². The fourth-order valence-electron chi connectivity index (χ4n) is 4.86. The van der Waals surface area contributed by atoms with Crippen molar-refractivity contribution in [1.29, 1.82) is 0 Å². The maximum absolute atomic E-state index is 13.1. The molecule has 2 bridgehead atoms. The second kappa shape index (κ2) is 8.00. The van der Waals surface area contributed by atoms with E-state index < -0.39 is 6.03 Å². The number of benzene rings is 2. The summed E-state index contributed by atoms with van der Waals surface area (Å²) in [5.41, 5.74) is 9.00. The van der Waals surface area contributed by atoms with Gasteiger partial charge in [0.2, 0.25) is 0 Å². The van der Waals surface area contributed by atoms with Crippen LogP contribution in [-0.2, 0) is 6.54 Å². The average Bonchev–Trinajstić information content (AvgIpc) is 2.81. The van der Waals surface area contributed by atoms with E-state index in [0.29, 0.717) is 25.2 Å². The van der Waals surface area contributed by atoms with Crippen LogP contribution in [-0.4, -0.2) is 34.5 Å². The van der Waals surface area contributed by atoms with Crippen LogP contribution in [0, 0.1) is 5.92 Å². The standard InChI is InChI=1S/C25H24N4O3/c26-25(32)28-13-16-12-20(15-28)22-11-10-21(24(31)29(22)14-16)27-23(30)19-8-6-18(7-9-19)17-4-2-1-3-5-17/h1-11,16,20H,12-15H2,(H2,26,32)(H,27,30)/t16-,20+/m1/s1. The van der Waals surface area contributed by atoms with E-state index in [1.165, 1.54) is 0 Å². The molecule has 3 aromatic rings. The summed E-state index contributed by atoms with van der Waals surface area (Å²) in [6, 6.07) is 20.4. The van der Waals surface area contributed by atoms with Crippen LogP contribution in [0.25, 0.3) is 11.1 Å². The largest absolute Gasteiger partial charge is 0.351 e. The lowest BCUT2D eigenvalue weighted by Gasteiger charge is -2.42. The second-order valence-electron chi connectivity index (χ2n) is 8.53. The molecule has 1 saturated heterocycles. The number of nitrogens with one attached hydrogen (secondary N) is 1. The number of aromatic nitrogens is 1. The number of carbonyl (C=O) groups excluding carboxylic acids is 2. The normalized spacial score (nSPS) is 19.2. The van der Waals surface area contributed by atoms with E-state index in [1.54, 1.807) is 27.7 Å². The summed E-state index contributed by atoms with van der Waals surface area (Å²) in [4.78, 5) is 39.2. The van der Waals surface area contributed by atoms with Gasteiger partial charge >= 0.3 is 6.03 Å². The van der Waals surface area contributed by atoms with Crippen molar-refractivity contribution in [3.63, 3.8) is 0 Å².